The number of benzene rings is 2. The van der Waals surface area contributed by atoms with Crippen LogP contribution in [0.25, 0.3) is 11.0 Å². The summed E-state index contributed by atoms with van der Waals surface area (Å²) in [5, 5.41) is 0.571. The number of fused-ring (bicyclic) bond motifs is 1. The molecule has 138 valence electrons. The zero-order chi connectivity index (χ0) is 19.0. The van der Waals surface area contributed by atoms with E-state index in [0.717, 1.165) is 21.5 Å². The van der Waals surface area contributed by atoms with E-state index in [1.165, 1.54) is 0 Å². The molecule has 0 unspecified atom stereocenters. The van der Waals surface area contributed by atoms with Gasteiger partial charge in [-0.3, -0.25) is 4.79 Å². The lowest BCUT2D eigenvalue weighted by Crippen LogP contribution is -2.33. The number of halogens is 1. The number of hydrogen-bond donors (Lipinski definition) is 0. The molecule has 1 atom stereocenters. The smallest absolute Gasteiger partial charge is 0.349 e. The van der Waals surface area contributed by atoms with Crippen molar-refractivity contribution >= 4 is 44.6 Å². The zero-order valence-electron chi connectivity index (χ0n) is 14.5. The molecule has 1 amide bonds. The van der Waals surface area contributed by atoms with Crippen molar-refractivity contribution in [1.82, 2.24) is 4.90 Å². The standard InChI is InChI=1S/C20H16BrNO4S/c1-25-15-5-2-12(3-6-15)19-22(8-9-27-19)18(23)16-11-13-10-14(21)4-7-17(13)26-20(16)24/h2-7,10-11,19H,8-9H2,1H3/t19-/m0/s1. The van der Waals surface area contributed by atoms with Crippen molar-refractivity contribution in [2.75, 3.05) is 19.4 Å². The Bertz CT molecular complexity index is 1060. The van der Waals surface area contributed by atoms with E-state index >= 15 is 0 Å². The molecule has 0 spiro atoms. The molecule has 1 saturated heterocycles. The first-order valence-corrected chi connectivity index (χ1v) is 10.2. The number of carbonyl (C=O) groups excluding carboxylic acids is 1. The molecule has 1 aromatic heterocycles. The minimum absolute atomic E-state index is 0.0570. The largest absolute Gasteiger partial charge is 0.497 e. The zero-order valence-corrected chi connectivity index (χ0v) is 16.9. The molecule has 1 fully saturated rings. The lowest BCUT2D eigenvalue weighted by atomic mass is 10.1. The fourth-order valence-electron chi connectivity index (χ4n) is 3.12. The van der Waals surface area contributed by atoms with E-state index < -0.39 is 5.63 Å². The van der Waals surface area contributed by atoms with Gasteiger partial charge in [-0.2, -0.15) is 0 Å². The molecule has 1 aliphatic heterocycles. The van der Waals surface area contributed by atoms with E-state index in [2.05, 4.69) is 15.9 Å². The van der Waals surface area contributed by atoms with Crippen LogP contribution in [0.2, 0.25) is 0 Å². The Morgan fingerprint density at radius 2 is 2.00 bits per heavy atom. The maximum Gasteiger partial charge on any atom is 0.349 e. The summed E-state index contributed by atoms with van der Waals surface area (Å²) < 4.78 is 11.4. The SMILES string of the molecule is COc1ccc([C@@H]2SCCN2C(=O)c2cc3cc(Br)ccc3oc2=O)cc1. The Morgan fingerprint density at radius 3 is 2.74 bits per heavy atom. The summed E-state index contributed by atoms with van der Waals surface area (Å²) in [4.78, 5) is 27.2. The minimum atomic E-state index is -0.611. The molecular formula is C20H16BrNO4S. The van der Waals surface area contributed by atoms with Crippen molar-refractivity contribution in [3.8, 4) is 5.75 Å². The number of ether oxygens (including phenoxy) is 1. The topological polar surface area (TPSA) is 59.8 Å². The number of rotatable bonds is 3. The highest BCUT2D eigenvalue weighted by atomic mass is 79.9. The number of thioether (sulfide) groups is 1. The van der Waals surface area contributed by atoms with Crippen molar-refractivity contribution in [3.05, 3.63) is 74.6 Å². The number of amides is 1. The van der Waals surface area contributed by atoms with Gasteiger partial charge in [0.1, 0.15) is 22.3 Å². The number of methoxy groups -OCH3 is 1. The fourth-order valence-corrected chi connectivity index (χ4v) is 4.76. The third-order valence-electron chi connectivity index (χ3n) is 4.48. The third kappa shape index (κ3) is 3.49. The quantitative estimate of drug-likeness (QED) is 0.557. The minimum Gasteiger partial charge on any atom is -0.497 e. The van der Waals surface area contributed by atoms with Gasteiger partial charge in [0.2, 0.25) is 0 Å². The summed E-state index contributed by atoms with van der Waals surface area (Å²) in [5.74, 6) is 1.27. The van der Waals surface area contributed by atoms with Crippen LogP contribution >= 0.6 is 27.7 Å². The lowest BCUT2D eigenvalue weighted by Gasteiger charge is -2.24. The van der Waals surface area contributed by atoms with E-state index in [9.17, 15) is 9.59 Å². The van der Waals surface area contributed by atoms with Gasteiger partial charge >= 0.3 is 5.63 Å². The second-order valence-corrected chi connectivity index (χ2v) is 8.23. The van der Waals surface area contributed by atoms with Gasteiger partial charge in [0.05, 0.1) is 7.11 Å². The van der Waals surface area contributed by atoms with E-state index in [1.807, 2.05) is 30.3 Å². The van der Waals surface area contributed by atoms with Crippen LogP contribution in [-0.2, 0) is 0 Å². The highest BCUT2D eigenvalue weighted by molar-refractivity contribution is 9.10. The average Bonchev–Trinajstić information content (AvgIpc) is 3.17. The normalized spacial score (nSPS) is 16.7. The van der Waals surface area contributed by atoms with Gasteiger partial charge in [0.15, 0.2) is 0 Å². The molecule has 2 heterocycles. The predicted octanol–water partition coefficient (Wildman–Crippen LogP) is 4.45. The number of nitrogens with zero attached hydrogens (tertiary/aromatic N) is 1. The van der Waals surface area contributed by atoms with Crippen molar-refractivity contribution in [2.24, 2.45) is 0 Å². The number of hydrogen-bond acceptors (Lipinski definition) is 5. The molecular weight excluding hydrogens is 430 g/mol. The summed E-state index contributed by atoms with van der Waals surface area (Å²) in [6.07, 6.45) is 0. The molecule has 3 aromatic rings. The first kappa shape index (κ1) is 18.1. The molecule has 0 bridgehead atoms. The van der Waals surface area contributed by atoms with E-state index in [-0.39, 0.29) is 16.8 Å². The van der Waals surface area contributed by atoms with Crippen molar-refractivity contribution in [3.63, 3.8) is 0 Å². The molecule has 5 nitrogen and oxygen atoms in total. The molecule has 0 N–H and O–H groups in total. The van der Waals surface area contributed by atoms with Gasteiger partial charge in [-0.1, -0.05) is 28.1 Å². The molecule has 1 aliphatic rings. The Balaban J connectivity index is 1.69. The first-order chi connectivity index (χ1) is 13.1. The third-order valence-corrected chi connectivity index (χ3v) is 6.23. The summed E-state index contributed by atoms with van der Waals surface area (Å²) >= 11 is 5.08. The second-order valence-electron chi connectivity index (χ2n) is 6.12. The Morgan fingerprint density at radius 1 is 1.22 bits per heavy atom. The van der Waals surface area contributed by atoms with Crippen molar-refractivity contribution < 1.29 is 13.9 Å². The molecule has 27 heavy (non-hydrogen) atoms. The van der Waals surface area contributed by atoms with E-state index in [4.69, 9.17) is 9.15 Å². The summed E-state index contributed by atoms with van der Waals surface area (Å²) in [6.45, 7) is 0.580. The van der Waals surface area contributed by atoms with Crippen LogP contribution in [0.3, 0.4) is 0 Å². The van der Waals surface area contributed by atoms with Gasteiger partial charge in [0.25, 0.3) is 5.91 Å². The highest BCUT2D eigenvalue weighted by Gasteiger charge is 2.33. The fraction of sp³-hybridized carbons (Fsp3) is 0.200. The van der Waals surface area contributed by atoms with Crippen LogP contribution in [0, 0.1) is 0 Å². The van der Waals surface area contributed by atoms with Crippen LogP contribution in [-0.4, -0.2) is 30.2 Å². The molecule has 7 heteroatoms. The molecule has 0 radical (unpaired) electrons. The summed E-state index contributed by atoms with van der Waals surface area (Å²) in [5.41, 5.74) is 0.906. The van der Waals surface area contributed by atoms with Crippen molar-refractivity contribution in [1.29, 1.82) is 0 Å². The Hall–Kier alpha value is -2.25. The van der Waals surface area contributed by atoms with Gasteiger partial charge in [-0.15, -0.1) is 11.8 Å². The van der Waals surface area contributed by atoms with Crippen LogP contribution in [0.1, 0.15) is 21.3 Å². The Kier molecular flexibility index (Phi) is 4.97. The van der Waals surface area contributed by atoms with Gasteiger partial charge in [0, 0.05) is 22.2 Å². The Labute approximate surface area is 168 Å². The van der Waals surface area contributed by atoms with E-state index in [1.54, 1.807) is 42.0 Å². The van der Waals surface area contributed by atoms with Crippen LogP contribution in [0.4, 0.5) is 0 Å². The summed E-state index contributed by atoms with van der Waals surface area (Å²) in [6, 6.07) is 14.6. The molecule has 2 aromatic carbocycles. The van der Waals surface area contributed by atoms with Gasteiger partial charge in [-0.25, -0.2) is 4.79 Å². The molecule has 0 saturated carbocycles. The molecule has 4 rings (SSSR count). The average molecular weight is 446 g/mol. The summed E-state index contributed by atoms with van der Waals surface area (Å²) in [7, 11) is 1.62. The second kappa shape index (κ2) is 7.40. The number of carbonyl (C=O) groups is 1. The van der Waals surface area contributed by atoms with Gasteiger partial charge in [-0.05, 0) is 42.0 Å². The maximum absolute atomic E-state index is 13.1. The first-order valence-electron chi connectivity index (χ1n) is 8.37. The monoisotopic (exact) mass is 445 g/mol. The van der Waals surface area contributed by atoms with Crippen LogP contribution < -0.4 is 10.4 Å². The maximum atomic E-state index is 13.1. The van der Waals surface area contributed by atoms with Crippen molar-refractivity contribution in [2.45, 2.75) is 5.37 Å². The van der Waals surface area contributed by atoms with Crippen LogP contribution in [0.5, 0.6) is 5.75 Å². The highest BCUT2D eigenvalue weighted by Crippen LogP contribution is 2.39. The molecule has 0 aliphatic carbocycles. The predicted molar refractivity (Wildman–Crippen MR) is 109 cm³/mol. The van der Waals surface area contributed by atoms with E-state index in [0.29, 0.717) is 17.5 Å². The van der Waals surface area contributed by atoms with Crippen LogP contribution in [0.15, 0.2) is 62.2 Å². The van der Waals surface area contributed by atoms with Gasteiger partial charge < -0.3 is 14.1 Å². The lowest BCUT2D eigenvalue weighted by molar-refractivity contribution is 0.0756.